The van der Waals surface area contributed by atoms with Gasteiger partial charge in [0.2, 0.25) is 0 Å². The van der Waals surface area contributed by atoms with E-state index in [1.54, 1.807) is 25.6 Å². The molecule has 34 heavy (non-hydrogen) atoms. The number of alkyl halides is 3. The Hall–Kier alpha value is -3.38. The Kier molecular flexibility index (Phi) is 8.66. The van der Waals surface area contributed by atoms with Crippen LogP contribution in [0.1, 0.15) is 12.0 Å². The van der Waals surface area contributed by atoms with Gasteiger partial charge in [0.15, 0.2) is 5.75 Å². The normalized spacial score (nSPS) is 13.8. The number of rotatable bonds is 10. The van der Waals surface area contributed by atoms with Gasteiger partial charge in [0.1, 0.15) is 17.3 Å². The quantitative estimate of drug-likeness (QED) is 0.341. The molecule has 1 amide bonds. The number of pyridine rings is 1. The molecular formula is C22H23F3N4O4S. The van der Waals surface area contributed by atoms with Crippen LogP contribution < -0.4 is 25.4 Å². The molecule has 1 aromatic heterocycles. The number of thiocarbonyl (C=S) groups is 1. The van der Waals surface area contributed by atoms with E-state index in [2.05, 4.69) is 25.7 Å². The smallest absolute Gasteiger partial charge is 0.489 e. The van der Waals surface area contributed by atoms with Crippen molar-refractivity contribution in [3.05, 3.63) is 59.6 Å². The molecule has 0 spiro atoms. The van der Waals surface area contributed by atoms with E-state index in [0.29, 0.717) is 44.2 Å². The van der Waals surface area contributed by atoms with Gasteiger partial charge in [0, 0.05) is 44.1 Å². The summed E-state index contributed by atoms with van der Waals surface area (Å²) in [6, 6.07) is 7.23. The van der Waals surface area contributed by atoms with Gasteiger partial charge in [0.25, 0.3) is 5.91 Å². The number of nitrogens with one attached hydrogen (secondary N) is 3. The fourth-order valence-electron chi connectivity index (χ4n) is 3.16. The predicted molar refractivity (Wildman–Crippen MR) is 122 cm³/mol. The van der Waals surface area contributed by atoms with Gasteiger partial charge >= 0.3 is 6.36 Å². The van der Waals surface area contributed by atoms with Crippen LogP contribution in [-0.2, 0) is 16.1 Å². The van der Waals surface area contributed by atoms with E-state index in [4.69, 9.17) is 21.7 Å². The van der Waals surface area contributed by atoms with Crippen LogP contribution in [0.2, 0.25) is 0 Å². The molecule has 182 valence electrons. The summed E-state index contributed by atoms with van der Waals surface area (Å²) in [5.74, 6) is -0.335. The number of nitrogens with zero attached hydrogens (tertiary/aromatic N) is 1. The number of amides is 1. The van der Waals surface area contributed by atoms with Crippen LogP contribution in [-0.4, -0.2) is 49.1 Å². The van der Waals surface area contributed by atoms with Crippen LogP contribution in [0, 0.1) is 0 Å². The monoisotopic (exact) mass is 496 g/mol. The fourth-order valence-corrected chi connectivity index (χ4v) is 3.48. The third-order valence-electron chi connectivity index (χ3n) is 4.68. The van der Waals surface area contributed by atoms with E-state index in [1.807, 2.05) is 0 Å². The molecule has 2 aromatic rings. The maximum absolute atomic E-state index is 12.7. The van der Waals surface area contributed by atoms with Crippen molar-refractivity contribution in [3.8, 4) is 11.5 Å². The van der Waals surface area contributed by atoms with Crippen molar-refractivity contribution >= 4 is 28.8 Å². The predicted octanol–water partition coefficient (Wildman–Crippen LogP) is 3.31. The Morgan fingerprint density at radius 1 is 1.21 bits per heavy atom. The zero-order valence-electron chi connectivity index (χ0n) is 18.2. The highest BCUT2D eigenvalue weighted by Crippen LogP contribution is 2.31. The zero-order chi connectivity index (χ0) is 24.6. The molecule has 0 atom stereocenters. The number of hydrogen-bond acceptors (Lipinski definition) is 7. The first-order chi connectivity index (χ1) is 16.3. The van der Waals surface area contributed by atoms with Gasteiger partial charge in [0.05, 0.1) is 24.1 Å². The highest BCUT2D eigenvalue weighted by Gasteiger charge is 2.32. The van der Waals surface area contributed by atoms with Crippen molar-refractivity contribution in [2.45, 2.75) is 19.3 Å². The molecular weight excluding hydrogens is 473 g/mol. The highest BCUT2D eigenvalue weighted by molar-refractivity contribution is 7.81. The summed E-state index contributed by atoms with van der Waals surface area (Å²) in [6.07, 6.45) is -1.22. The Morgan fingerprint density at radius 2 is 2.00 bits per heavy atom. The molecule has 0 saturated heterocycles. The molecule has 0 aliphatic carbocycles. The zero-order valence-corrected chi connectivity index (χ0v) is 19.0. The van der Waals surface area contributed by atoms with Crippen molar-refractivity contribution in [2.75, 3.05) is 32.2 Å². The lowest BCUT2D eigenvalue weighted by atomic mass is 10.1. The van der Waals surface area contributed by atoms with Crippen molar-refractivity contribution in [1.29, 1.82) is 0 Å². The molecule has 12 heteroatoms. The van der Waals surface area contributed by atoms with Gasteiger partial charge in [-0.15, -0.1) is 13.2 Å². The minimum absolute atomic E-state index is 0.0157. The number of benzene rings is 1. The second kappa shape index (κ2) is 11.7. The summed E-state index contributed by atoms with van der Waals surface area (Å²) < 4.78 is 52.9. The van der Waals surface area contributed by atoms with Crippen LogP contribution in [0.3, 0.4) is 0 Å². The number of hydrogen-bond donors (Lipinski definition) is 3. The summed E-state index contributed by atoms with van der Waals surface area (Å²) in [7, 11) is 1.57. The van der Waals surface area contributed by atoms with E-state index in [-0.39, 0.29) is 16.2 Å². The van der Waals surface area contributed by atoms with Gasteiger partial charge < -0.3 is 30.2 Å². The number of methoxy groups -OCH3 is 1. The second-order valence-corrected chi connectivity index (χ2v) is 7.44. The SMILES string of the molecule is COCCOc1cnccc1CNC1=C(C(=S)Nc2ccccc2OC(F)(F)F)C(=O)NCC1. The van der Waals surface area contributed by atoms with Crippen molar-refractivity contribution in [2.24, 2.45) is 0 Å². The average Bonchev–Trinajstić information content (AvgIpc) is 2.79. The number of halogens is 3. The molecule has 3 rings (SSSR count). The number of anilines is 1. The van der Waals surface area contributed by atoms with Crippen LogP contribution >= 0.6 is 12.2 Å². The Bertz CT molecular complexity index is 1060. The second-order valence-electron chi connectivity index (χ2n) is 7.04. The molecule has 0 unspecified atom stereocenters. The van der Waals surface area contributed by atoms with Crippen molar-refractivity contribution < 1.29 is 32.2 Å². The Labute approximate surface area is 199 Å². The van der Waals surface area contributed by atoms with E-state index in [1.165, 1.54) is 18.2 Å². The van der Waals surface area contributed by atoms with E-state index in [0.717, 1.165) is 11.6 Å². The molecule has 0 saturated carbocycles. The molecule has 0 bridgehead atoms. The molecule has 3 N–H and O–H groups in total. The van der Waals surface area contributed by atoms with Crippen molar-refractivity contribution in [3.63, 3.8) is 0 Å². The fraction of sp³-hybridized carbons (Fsp3) is 0.318. The van der Waals surface area contributed by atoms with Gasteiger partial charge in [-0.3, -0.25) is 9.78 Å². The van der Waals surface area contributed by atoms with Crippen LogP contribution in [0.15, 0.2) is 54.0 Å². The van der Waals surface area contributed by atoms with Gasteiger partial charge in [-0.05, 0) is 18.2 Å². The lowest BCUT2D eigenvalue weighted by molar-refractivity contribution is -0.274. The van der Waals surface area contributed by atoms with Crippen LogP contribution in [0.5, 0.6) is 11.5 Å². The van der Waals surface area contributed by atoms with E-state index < -0.39 is 18.0 Å². The maximum atomic E-state index is 12.7. The largest absolute Gasteiger partial charge is 0.573 e. The molecule has 0 fully saturated rings. The van der Waals surface area contributed by atoms with Gasteiger partial charge in [-0.25, -0.2) is 0 Å². The first-order valence-electron chi connectivity index (χ1n) is 10.2. The van der Waals surface area contributed by atoms with E-state index in [9.17, 15) is 18.0 Å². The Balaban J connectivity index is 1.79. The average molecular weight is 497 g/mol. The van der Waals surface area contributed by atoms with Gasteiger partial charge in [-0.1, -0.05) is 24.4 Å². The molecule has 1 aliphatic heterocycles. The summed E-state index contributed by atoms with van der Waals surface area (Å²) in [5, 5.41) is 8.62. The maximum Gasteiger partial charge on any atom is 0.573 e. The van der Waals surface area contributed by atoms with E-state index >= 15 is 0 Å². The lowest BCUT2D eigenvalue weighted by Crippen LogP contribution is -2.39. The third-order valence-corrected chi connectivity index (χ3v) is 4.99. The molecule has 8 nitrogen and oxygen atoms in total. The number of para-hydroxylation sites is 2. The van der Waals surface area contributed by atoms with Crippen LogP contribution in [0.4, 0.5) is 18.9 Å². The molecule has 1 aromatic carbocycles. The first-order valence-corrected chi connectivity index (χ1v) is 10.7. The molecule has 0 radical (unpaired) electrons. The van der Waals surface area contributed by atoms with Gasteiger partial charge in [-0.2, -0.15) is 0 Å². The Morgan fingerprint density at radius 3 is 2.76 bits per heavy atom. The lowest BCUT2D eigenvalue weighted by Gasteiger charge is -2.24. The summed E-state index contributed by atoms with van der Waals surface area (Å²) in [6.45, 7) is 1.46. The number of aromatic nitrogens is 1. The number of carbonyl (C=O) groups is 1. The summed E-state index contributed by atoms with van der Waals surface area (Å²) in [4.78, 5) is 16.6. The minimum atomic E-state index is -4.87. The van der Waals surface area contributed by atoms with Crippen LogP contribution in [0.25, 0.3) is 0 Å². The standard InChI is InChI=1S/C22H23F3N4O4S/c1-31-10-11-32-18-13-26-8-6-14(18)12-28-16-7-9-27-20(30)19(16)21(34)29-15-4-2-3-5-17(15)33-22(23,24)25/h2-6,8,13,28H,7,9-12H2,1H3,(H,27,30)(H,29,34). The first kappa shape index (κ1) is 25.2. The number of carbonyl (C=O) groups excluding carboxylic acids is 1. The molecule has 2 heterocycles. The summed E-state index contributed by atoms with van der Waals surface area (Å²) >= 11 is 5.38. The topological polar surface area (TPSA) is 93.7 Å². The highest BCUT2D eigenvalue weighted by atomic mass is 32.1. The van der Waals surface area contributed by atoms with Crippen molar-refractivity contribution in [1.82, 2.24) is 15.6 Å². The number of ether oxygens (including phenoxy) is 3. The minimum Gasteiger partial charge on any atom is -0.489 e. The molecule has 1 aliphatic rings. The summed E-state index contributed by atoms with van der Waals surface area (Å²) in [5.41, 5.74) is 1.47. The third kappa shape index (κ3) is 7.06.